The van der Waals surface area contributed by atoms with Crippen LogP contribution in [0.15, 0.2) is 28.8 Å². The molecule has 1 aliphatic heterocycles. The van der Waals surface area contributed by atoms with E-state index in [9.17, 15) is 4.79 Å². The molecule has 0 atom stereocenters. The van der Waals surface area contributed by atoms with Crippen LogP contribution in [0.1, 0.15) is 38.0 Å². The Bertz CT molecular complexity index is 775. The van der Waals surface area contributed by atoms with Crippen LogP contribution in [0, 0.1) is 5.92 Å². The Morgan fingerprint density at radius 2 is 1.82 bits per heavy atom. The highest BCUT2D eigenvalue weighted by Gasteiger charge is 2.28. The van der Waals surface area contributed by atoms with Gasteiger partial charge in [-0.3, -0.25) is 9.69 Å². The van der Waals surface area contributed by atoms with E-state index >= 15 is 0 Å². The molecule has 2 heterocycles. The molecule has 1 saturated heterocycles. The summed E-state index contributed by atoms with van der Waals surface area (Å²) in [5.41, 5.74) is 0.902. The van der Waals surface area contributed by atoms with Crippen molar-refractivity contribution in [2.75, 3.05) is 33.3 Å². The van der Waals surface area contributed by atoms with Crippen molar-refractivity contribution in [1.29, 1.82) is 0 Å². The summed E-state index contributed by atoms with van der Waals surface area (Å²) in [7, 11) is 1.64. The van der Waals surface area contributed by atoms with Crippen molar-refractivity contribution in [1.82, 2.24) is 19.9 Å². The lowest BCUT2D eigenvalue weighted by Gasteiger charge is -2.36. The Morgan fingerprint density at radius 3 is 2.50 bits per heavy atom. The summed E-state index contributed by atoms with van der Waals surface area (Å²) in [6.45, 7) is 3.88. The minimum absolute atomic E-state index is 0.253. The highest BCUT2D eigenvalue weighted by molar-refractivity contribution is 5.79. The fourth-order valence-corrected chi connectivity index (χ4v) is 4.10. The number of ether oxygens (including phenoxy) is 1. The van der Waals surface area contributed by atoms with Crippen LogP contribution in [-0.4, -0.2) is 59.1 Å². The summed E-state index contributed by atoms with van der Waals surface area (Å²) in [4.78, 5) is 21.5. The van der Waals surface area contributed by atoms with Crippen molar-refractivity contribution < 1.29 is 14.1 Å². The summed E-state index contributed by atoms with van der Waals surface area (Å²) in [5.74, 6) is 2.61. The first-order valence-corrected chi connectivity index (χ1v) is 10.2. The summed E-state index contributed by atoms with van der Waals surface area (Å²) >= 11 is 0. The molecule has 0 unspecified atom stereocenters. The van der Waals surface area contributed by atoms with Gasteiger partial charge in [0.05, 0.1) is 13.7 Å². The lowest BCUT2D eigenvalue weighted by Crippen LogP contribution is -2.50. The van der Waals surface area contributed by atoms with E-state index in [0.717, 1.165) is 50.3 Å². The van der Waals surface area contributed by atoms with Crippen LogP contribution in [-0.2, 0) is 11.3 Å². The second-order valence-electron chi connectivity index (χ2n) is 7.68. The third-order valence-corrected chi connectivity index (χ3v) is 5.81. The zero-order chi connectivity index (χ0) is 19.3. The van der Waals surface area contributed by atoms with Crippen molar-refractivity contribution in [3.63, 3.8) is 0 Å². The van der Waals surface area contributed by atoms with Crippen molar-refractivity contribution in [3.8, 4) is 17.1 Å². The predicted octanol–water partition coefficient (Wildman–Crippen LogP) is 2.97. The van der Waals surface area contributed by atoms with E-state index in [-0.39, 0.29) is 5.92 Å². The van der Waals surface area contributed by atoms with E-state index in [0.29, 0.717) is 24.2 Å². The van der Waals surface area contributed by atoms with Gasteiger partial charge in [-0.1, -0.05) is 24.4 Å². The summed E-state index contributed by atoms with van der Waals surface area (Å²) in [6, 6.07) is 7.61. The van der Waals surface area contributed by atoms with Crippen molar-refractivity contribution in [3.05, 3.63) is 30.2 Å². The van der Waals surface area contributed by atoms with Gasteiger partial charge in [0.1, 0.15) is 5.75 Å². The first-order valence-electron chi connectivity index (χ1n) is 10.2. The largest absolute Gasteiger partial charge is 0.497 e. The van der Waals surface area contributed by atoms with E-state index < -0.39 is 0 Å². The number of nitrogens with zero attached hydrogens (tertiary/aromatic N) is 4. The summed E-state index contributed by atoms with van der Waals surface area (Å²) in [5, 5.41) is 4.09. The maximum absolute atomic E-state index is 12.7. The Balaban J connectivity index is 1.29. The Morgan fingerprint density at radius 1 is 1.11 bits per heavy atom. The minimum atomic E-state index is 0.253. The molecule has 150 valence electrons. The number of rotatable bonds is 5. The van der Waals surface area contributed by atoms with Gasteiger partial charge in [-0.05, 0) is 37.1 Å². The smallest absolute Gasteiger partial charge is 0.241 e. The van der Waals surface area contributed by atoms with Crippen molar-refractivity contribution >= 4 is 5.91 Å². The molecular formula is C21H28N4O3. The molecule has 2 fully saturated rings. The predicted molar refractivity (Wildman–Crippen MR) is 105 cm³/mol. The van der Waals surface area contributed by atoms with Gasteiger partial charge in [-0.25, -0.2) is 0 Å². The second kappa shape index (κ2) is 8.73. The number of benzene rings is 1. The van der Waals surface area contributed by atoms with Gasteiger partial charge >= 0.3 is 0 Å². The molecule has 7 heteroatoms. The Hall–Kier alpha value is -2.41. The third-order valence-electron chi connectivity index (χ3n) is 5.81. The van der Waals surface area contributed by atoms with Crippen LogP contribution in [0.4, 0.5) is 0 Å². The molecule has 1 aromatic carbocycles. The molecule has 0 radical (unpaired) electrons. The average molecular weight is 384 g/mol. The average Bonchev–Trinajstić information content (AvgIpc) is 3.23. The maximum atomic E-state index is 12.7. The third kappa shape index (κ3) is 4.35. The first kappa shape index (κ1) is 18.9. The zero-order valence-corrected chi connectivity index (χ0v) is 16.5. The van der Waals surface area contributed by atoms with E-state index in [1.165, 1.54) is 19.3 Å². The second-order valence-corrected chi connectivity index (χ2v) is 7.68. The molecule has 0 bridgehead atoms. The lowest BCUT2D eigenvalue weighted by atomic mass is 9.88. The number of hydrogen-bond acceptors (Lipinski definition) is 6. The summed E-state index contributed by atoms with van der Waals surface area (Å²) in [6.07, 6.45) is 5.80. The van der Waals surface area contributed by atoms with Gasteiger partial charge in [0.15, 0.2) is 0 Å². The number of amides is 1. The molecule has 1 saturated carbocycles. The molecule has 1 amide bonds. The van der Waals surface area contributed by atoms with Crippen LogP contribution < -0.4 is 4.74 Å². The molecule has 0 N–H and O–H groups in total. The van der Waals surface area contributed by atoms with Crippen LogP contribution >= 0.6 is 0 Å². The van der Waals surface area contributed by atoms with E-state index in [1.54, 1.807) is 7.11 Å². The topological polar surface area (TPSA) is 71.7 Å². The SMILES string of the molecule is COc1ccc(-c2noc(CN3CCN(C(=O)C4CCCCC4)CC3)n2)cc1. The number of carbonyl (C=O) groups is 1. The van der Waals surface area contributed by atoms with Gasteiger partial charge in [0.25, 0.3) is 0 Å². The molecule has 2 aromatic rings. The highest BCUT2D eigenvalue weighted by atomic mass is 16.5. The lowest BCUT2D eigenvalue weighted by molar-refractivity contribution is -0.138. The number of carbonyl (C=O) groups excluding carboxylic acids is 1. The van der Waals surface area contributed by atoms with E-state index in [4.69, 9.17) is 9.26 Å². The standard InChI is InChI=1S/C21H28N4O3/c1-27-18-9-7-16(8-10-18)20-22-19(28-23-20)15-24-11-13-25(14-12-24)21(26)17-5-3-2-4-6-17/h7-10,17H,2-6,11-15H2,1H3. The fraction of sp³-hybridized carbons (Fsp3) is 0.571. The van der Waals surface area contributed by atoms with Crippen LogP contribution in [0.3, 0.4) is 0 Å². The number of aromatic nitrogens is 2. The van der Waals surface area contributed by atoms with Gasteiger partial charge < -0.3 is 14.2 Å². The van der Waals surface area contributed by atoms with Crippen LogP contribution in [0.5, 0.6) is 5.75 Å². The quantitative estimate of drug-likeness (QED) is 0.789. The van der Waals surface area contributed by atoms with Gasteiger partial charge in [0, 0.05) is 37.7 Å². The van der Waals surface area contributed by atoms with Crippen molar-refractivity contribution in [2.45, 2.75) is 38.6 Å². The van der Waals surface area contributed by atoms with E-state index in [2.05, 4.69) is 15.0 Å². The van der Waals surface area contributed by atoms with Crippen LogP contribution in [0.2, 0.25) is 0 Å². The fourth-order valence-electron chi connectivity index (χ4n) is 4.10. The Kier molecular flexibility index (Phi) is 5.90. The monoisotopic (exact) mass is 384 g/mol. The molecule has 1 aliphatic carbocycles. The number of methoxy groups -OCH3 is 1. The number of hydrogen-bond donors (Lipinski definition) is 0. The highest BCUT2D eigenvalue weighted by Crippen LogP contribution is 2.26. The van der Waals surface area contributed by atoms with Gasteiger partial charge in [0.2, 0.25) is 17.6 Å². The minimum Gasteiger partial charge on any atom is -0.497 e. The van der Waals surface area contributed by atoms with Crippen molar-refractivity contribution in [2.24, 2.45) is 5.92 Å². The van der Waals surface area contributed by atoms with Crippen LogP contribution in [0.25, 0.3) is 11.4 Å². The van der Waals surface area contributed by atoms with Gasteiger partial charge in [-0.2, -0.15) is 4.98 Å². The molecular weight excluding hydrogens is 356 g/mol. The Labute approximate surface area is 165 Å². The molecule has 2 aliphatic rings. The molecule has 7 nitrogen and oxygen atoms in total. The molecule has 28 heavy (non-hydrogen) atoms. The molecule has 0 spiro atoms. The first-order chi connectivity index (χ1) is 13.7. The normalized spacial score (nSPS) is 19.0. The molecule has 1 aromatic heterocycles. The zero-order valence-electron chi connectivity index (χ0n) is 16.5. The van der Waals surface area contributed by atoms with E-state index in [1.807, 2.05) is 29.2 Å². The maximum Gasteiger partial charge on any atom is 0.241 e. The van der Waals surface area contributed by atoms with Gasteiger partial charge in [-0.15, -0.1) is 0 Å². The number of piperazine rings is 1. The molecule has 4 rings (SSSR count). The summed E-state index contributed by atoms with van der Waals surface area (Å²) < 4.78 is 10.6.